The van der Waals surface area contributed by atoms with Crippen LogP contribution in [0, 0.1) is 0 Å². The highest BCUT2D eigenvalue weighted by molar-refractivity contribution is 5.93. The number of aromatic nitrogens is 1. The number of aliphatic hydroxyl groups excluding tert-OH is 2. The number of β-amino-alcohol motifs (C(OH)–C–C–N with tert-alkyl or cyclic N) is 2. The van der Waals surface area contributed by atoms with Crippen molar-refractivity contribution in [3.8, 4) is 0 Å². The number of carbonyl (C=O) groups excluding carboxylic acids is 1. The molecule has 1 amide bonds. The molecule has 1 aliphatic carbocycles. The molecule has 0 bridgehead atoms. The van der Waals surface area contributed by atoms with Crippen LogP contribution in [0.4, 0.5) is 0 Å². The van der Waals surface area contributed by atoms with Crippen molar-refractivity contribution < 1.29 is 15.0 Å². The standard InChI is InChI=1S/C12H16N2O3/c15-10-6-13(7-11(10)16)12(17)9-2-1-5-14(9)8-3-4-8/h1-2,5,8,10-11,15-16H,3-4,6-7H2. The zero-order valence-corrected chi connectivity index (χ0v) is 9.49. The van der Waals surface area contributed by atoms with E-state index >= 15 is 0 Å². The molecule has 2 aliphatic rings. The molecule has 0 radical (unpaired) electrons. The van der Waals surface area contributed by atoms with E-state index < -0.39 is 12.2 Å². The lowest BCUT2D eigenvalue weighted by atomic mass is 10.3. The number of hydrogen-bond acceptors (Lipinski definition) is 3. The van der Waals surface area contributed by atoms with Crippen LogP contribution in [0.15, 0.2) is 18.3 Å². The van der Waals surface area contributed by atoms with E-state index in [1.807, 2.05) is 16.8 Å². The van der Waals surface area contributed by atoms with Gasteiger partial charge in [0.15, 0.2) is 0 Å². The van der Waals surface area contributed by atoms with Gasteiger partial charge in [0.25, 0.3) is 5.91 Å². The molecule has 1 aliphatic heterocycles. The predicted octanol–water partition coefficient (Wildman–Crippen LogP) is 0.000600. The van der Waals surface area contributed by atoms with Crippen molar-refractivity contribution in [2.24, 2.45) is 0 Å². The number of hydrogen-bond donors (Lipinski definition) is 2. The third-order valence-electron chi connectivity index (χ3n) is 3.48. The van der Waals surface area contributed by atoms with Gasteiger partial charge >= 0.3 is 0 Å². The van der Waals surface area contributed by atoms with Gasteiger partial charge in [0.05, 0.1) is 12.2 Å². The van der Waals surface area contributed by atoms with Crippen LogP contribution < -0.4 is 0 Å². The Labute approximate surface area is 99.3 Å². The highest BCUT2D eigenvalue weighted by Gasteiger charge is 2.35. The molecule has 92 valence electrons. The Morgan fingerprint density at radius 2 is 1.88 bits per heavy atom. The molecule has 17 heavy (non-hydrogen) atoms. The molecule has 1 saturated heterocycles. The van der Waals surface area contributed by atoms with Gasteiger partial charge in [-0.05, 0) is 25.0 Å². The van der Waals surface area contributed by atoms with Crippen LogP contribution in [0.1, 0.15) is 29.4 Å². The summed E-state index contributed by atoms with van der Waals surface area (Å²) in [6.45, 7) is 0.436. The summed E-state index contributed by atoms with van der Waals surface area (Å²) in [6.07, 6.45) is 2.54. The Kier molecular flexibility index (Phi) is 2.45. The van der Waals surface area contributed by atoms with Crippen LogP contribution in [-0.4, -0.2) is 50.9 Å². The largest absolute Gasteiger partial charge is 0.388 e. The summed E-state index contributed by atoms with van der Waals surface area (Å²) < 4.78 is 2.00. The first-order valence-corrected chi connectivity index (χ1v) is 5.99. The Morgan fingerprint density at radius 3 is 2.47 bits per heavy atom. The van der Waals surface area contributed by atoms with Crippen LogP contribution in [0.5, 0.6) is 0 Å². The van der Waals surface area contributed by atoms with Gasteiger partial charge in [0.1, 0.15) is 5.69 Å². The van der Waals surface area contributed by atoms with Crippen LogP contribution in [-0.2, 0) is 0 Å². The van der Waals surface area contributed by atoms with E-state index in [0.29, 0.717) is 11.7 Å². The van der Waals surface area contributed by atoms with Crippen LogP contribution in [0.2, 0.25) is 0 Å². The van der Waals surface area contributed by atoms with Crippen molar-refractivity contribution in [3.05, 3.63) is 24.0 Å². The van der Waals surface area contributed by atoms with Crippen LogP contribution >= 0.6 is 0 Å². The third-order valence-corrected chi connectivity index (χ3v) is 3.48. The summed E-state index contributed by atoms with van der Waals surface area (Å²) >= 11 is 0. The van der Waals surface area contributed by atoms with Crippen LogP contribution in [0.25, 0.3) is 0 Å². The van der Waals surface area contributed by atoms with Crippen molar-refractivity contribution in [1.82, 2.24) is 9.47 Å². The number of carbonyl (C=O) groups is 1. The quantitative estimate of drug-likeness (QED) is 0.759. The second kappa shape index (κ2) is 3.85. The van der Waals surface area contributed by atoms with E-state index in [0.717, 1.165) is 12.8 Å². The highest BCUT2D eigenvalue weighted by Crippen LogP contribution is 2.36. The molecule has 2 N–H and O–H groups in total. The summed E-state index contributed by atoms with van der Waals surface area (Å²) in [4.78, 5) is 13.8. The molecule has 5 nitrogen and oxygen atoms in total. The fraction of sp³-hybridized carbons (Fsp3) is 0.583. The Bertz CT molecular complexity index is 429. The topological polar surface area (TPSA) is 65.7 Å². The molecule has 1 aromatic rings. The monoisotopic (exact) mass is 236 g/mol. The SMILES string of the molecule is O=C(c1cccn1C1CC1)N1CC(O)C(O)C1. The smallest absolute Gasteiger partial charge is 0.270 e. The zero-order valence-electron chi connectivity index (χ0n) is 9.49. The average Bonchev–Trinajstić information content (AvgIpc) is 2.94. The summed E-state index contributed by atoms with van der Waals surface area (Å²) in [5, 5.41) is 18.9. The minimum atomic E-state index is -0.816. The minimum Gasteiger partial charge on any atom is -0.388 e. The van der Waals surface area contributed by atoms with Crippen molar-refractivity contribution in [3.63, 3.8) is 0 Å². The van der Waals surface area contributed by atoms with E-state index in [1.165, 1.54) is 4.90 Å². The lowest BCUT2D eigenvalue weighted by molar-refractivity contribution is 0.0572. The maximum absolute atomic E-state index is 12.2. The van der Waals surface area contributed by atoms with Gasteiger partial charge in [-0.1, -0.05) is 0 Å². The predicted molar refractivity (Wildman–Crippen MR) is 60.6 cm³/mol. The molecule has 0 spiro atoms. The molecule has 2 atom stereocenters. The van der Waals surface area contributed by atoms with Gasteiger partial charge in [0, 0.05) is 25.3 Å². The first-order valence-electron chi connectivity index (χ1n) is 5.99. The zero-order chi connectivity index (χ0) is 12.0. The lowest BCUT2D eigenvalue weighted by Crippen LogP contribution is -2.31. The van der Waals surface area contributed by atoms with Gasteiger partial charge in [-0.15, -0.1) is 0 Å². The molecule has 1 aromatic heterocycles. The molecular formula is C12H16N2O3. The molecule has 5 heteroatoms. The molecule has 3 rings (SSSR count). The molecule has 2 heterocycles. The highest BCUT2D eigenvalue weighted by atomic mass is 16.3. The Hall–Kier alpha value is -1.33. The maximum atomic E-state index is 12.2. The fourth-order valence-electron chi connectivity index (χ4n) is 2.34. The van der Waals surface area contributed by atoms with Gasteiger partial charge in [-0.25, -0.2) is 0 Å². The molecular weight excluding hydrogens is 220 g/mol. The summed E-state index contributed by atoms with van der Waals surface area (Å²) in [5.41, 5.74) is 0.661. The van der Waals surface area contributed by atoms with Gasteiger partial charge < -0.3 is 19.7 Å². The van der Waals surface area contributed by atoms with Gasteiger partial charge in [-0.3, -0.25) is 4.79 Å². The average molecular weight is 236 g/mol. The second-order valence-electron chi connectivity index (χ2n) is 4.88. The fourth-order valence-corrected chi connectivity index (χ4v) is 2.34. The van der Waals surface area contributed by atoms with Crippen molar-refractivity contribution >= 4 is 5.91 Å². The van der Waals surface area contributed by atoms with E-state index in [9.17, 15) is 15.0 Å². The summed E-state index contributed by atoms with van der Waals surface area (Å²) in [5.74, 6) is -0.0995. The Balaban J connectivity index is 1.79. The first-order chi connectivity index (χ1) is 8.16. The van der Waals surface area contributed by atoms with E-state index in [4.69, 9.17) is 0 Å². The number of amides is 1. The first kappa shape index (κ1) is 10.8. The number of rotatable bonds is 2. The normalized spacial score (nSPS) is 28.7. The number of aliphatic hydroxyl groups is 2. The van der Waals surface area contributed by atoms with Gasteiger partial charge in [0.2, 0.25) is 0 Å². The number of nitrogens with zero attached hydrogens (tertiary/aromatic N) is 2. The summed E-state index contributed by atoms with van der Waals surface area (Å²) in [7, 11) is 0. The van der Waals surface area contributed by atoms with Crippen molar-refractivity contribution in [2.75, 3.05) is 13.1 Å². The van der Waals surface area contributed by atoms with Crippen molar-refractivity contribution in [1.29, 1.82) is 0 Å². The maximum Gasteiger partial charge on any atom is 0.270 e. The van der Waals surface area contributed by atoms with E-state index in [1.54, 1.807) is 6.07 Å². The lowest BCUT2D eigenvalue weighted by Gasteiger charge is -2.16. The molecule has 0 aromatic carbocycles. The van der Waals surface area contributed by atoms with Crippen LogP contribution in [0.3, 0.4) is 0 Å². The summed E-state index contributed by atoms with van der Waals surface area (Å²) in [6, 6.07) is 4.13. The second-order valence-corrected chi connectivity index (χ2v) is 4.88. The minimum absolute atomic E-state index is 0.0995. The molecule has 2 fully saturated rings. The van der Waals surface area contributed by atoms with E-state index in [-0.39, 0.29) is 19.0 Å². The molecule has 1 saturated carbocycles. The number of likely N-dealkylation sites (tertiary alicyclic amines) is 1. The Morgan fingerprint density at radius 1 is 1.24 bits per heavy atom. The molecule has 2 unspecified atom stereocenters. The van der Waals surface area contributed by atoms with E-state index in [2.05, 4.69) is 0 Å². The van der Waals surface area contributed by atoms with Crippen molar-refractivity contribution in [2.45, 2.75) is 31.1 Å². The third kappa shape index (κ3) is 1.85. The van der Waals surface area contributed by atoms with Gasteiger partial charge in [-0.2, -0.15) is 0 Å².